The van der Waals surface area contributed by atoms with Crippen LogP contribution >= 0.6 is 11.6 Å². The molecule has 3 rings (SSSR count). The fourth-order valence-electron chi connectivity index (χ4n) is 2.57. The van der Waals surface area contributed by atoms with E-state index in [1.807, 2.05) is 24.3 Å². The summed E-state index contributed by atoms with van der Waals surface area (Å²) in [5.41, 5.74) is 2.11. The number of hydrogen-bond donors (Lipinski definition) is 0. The summed E-state index contributed by atoms with van der Waals surface area (Å²) in [6.45, 7) is 0.602. The SMILES string of the molecule is O=C1OC(CCl)CN1S(=O)(=O)N1CCc2ccccc2C1. The van der Waals surface area contributed by atoms with Crippen LogP contribution in [0.4, 0.5) is 4.79 Å². The molecule has 1 amide bonds. The van der Waals surface area contributed by atoms with E-state index in [0.717, 1.165) is 15.4 Å². The summed E-state index contributed by atoms with van der Waals surface area (Å²) < 4.78 is 32.2. The lowest BCUT2D eigenvalue weighted by atomic mass is 10.0. The molecule has 1 unspecified atom stereocenters. The monoisotopic (exact) mass is 330 g/mol. The maximum Gasteiger partial charge on any atom is 0.425 e. The van der Waals surface area contributed by atoms with Gasteiger partial charge < -0.3 is 4.74 Å². The van der Waals surface area contributed by atoms with Gasteiger partial charge in [0.25, 0.3) is 0 Å². The quantitative estimate of drug-likeness (QED) is 0.785. The molecule has 0 saturated carbocycles. The molecule has 0 bridgehead atoms. The van der Waals surface area contributed by atoms with Crippen LogP contribution in [0.25, 0.3) is 0 Å². The van der Waals surface area contributed by atoms with Gasteiger partial charge in [-0.1, -0.05) is 24.3 Å². The third-order valence-electron chi connectivity index (χ3n) is 3.71. The van der Waals surface area contributed by atoms with Gasteiger partial charge in [-0.05, 0) is 17.5 Å². The van der Waals surface area contributed by atoms with Crippen molar-refractivity contribution < 1.29 is 17.9 Å². The predicted octanol–water partition coefficient (Wildman–Crippen LogP) is 1.35. The summed E-state index contributed by atoms with van der Waals surface area (Å²) in [4.78, 5) is 11.7. The van der Waals surface area contributed by atoms with Gasteiger partial charge in [-0.2, -0.15) is 17.0 Å². The van der Waals surface area contributed by atoms with Gasteiger partial charge in [-0.15, -0.1) is 11.6 Å². The van der Waals surface area contributed by atoms with Crippen LogP contribution in [0.5, 0.6) is 0 Å². The van der Waals surface area contributed by atoms with Crippen molar-refractivity contribution in [1.82, 2.24) is 8.61 Å². The van der Waals surface area contributed by atoms with Crippen LogP contribution in [0.1, 0.15) is 11.1 Å². The molecule has 21 heavy (non-hydrogen) atoms. The van der Waals surface area contributed by atoms with Crippen LogP contribution in [0.2, 0.25) is 0 Å². The van der Waals surface area contributed by atoms with E-state index >= 15 is 0 Å². The van der Waals surface area contributed by atoms with Crippen LogP contribution in [-0.4, -0.2) is 48.2 Å². The van der Waals surface area contributed by atoms with E-state index in [-0.39, 0.29) is 19.0 Å². The third kappa shape index (κ3) is 2.61. The highest BCUT2D eigenvalue weighted by molar-refractivity contribution is 7.87. The van der Waals surface area contributed by atoms with Crippen molar-refractivity contribution >= 4 is 27.9 Å². The number of halogens is 1. The minimum absolute atomic E-state index is 0.0250. The minimum atomic E-state index is -3.86. The lowest BCUT2D eigenvalue weighted by Crippen LogP contribution is -2.46. The normalized spacial score (nSPS) is 23.0. The van der Waals surface area contributed by atoms with E-state index in [1.54, 1.807) is 0 Å². The number of carbonyl (C=O) groups excluding carboxylic acids is 1. The molecular formula is C13H15ClN2O4S. The average molecular weight is 331 g/mol. The van der Waals surface area contributed by atoms with Crippen LogP contribution < -0.4 is 0 Å². The Labute approximate surface area is 128 Å². The van der Waals surface area contributed by atoms with Crippen molar-refractivity contribution in [3.8, 4) is 0 Å². The molecule has 0 N–H and O–H groups in total. The maximum absolute atomic E-state index is 12.6. The van der Waals surface area contributed by atoms with Crippen LogP contribution in [0.3, 0.4) is 0 Å². The van der Waals surface area contributed by atoms with Gasteiger partial charge in [-0.25, -0.2) is 4.79 Å². The highest BCUT2D eigenvalue weighted by Gasteiger charge is 2.42. The number of hydrogen-bond acceptors (Lipinski definition) is 4. The van der Waals surface area contributed by atoms with Crippen molar-refractivity contribution in [3.63, 3.8) is 0 Å². The summed E-state index contributed by atoms with van der Waals surface area (Å²) in [6, 6.07) is 7.71. The highest BCUT2D eigenvalue weighted by Crippen LogP contribution is 2.25. The molecule has 0 spiro atoms. The summed E-state index contributed by atoms with van der Waals surface area (Å²) in [5, 5.41) is 0. The second-order valence-corrected chi connectivity index (χ2v) is 7.21. The second-order valence-electron chi connectivity index (χ2n) is 5.05. The minimum Gasteiger partial charge on any atom is -0.442 e. The predicted molar refractivity (Wildman–Crippen MR) is 77.2 cm³/mol. The van der Waals surface area contributed by atoms with Crippen molar-refractivity contribution in [1.29, 1.82) is 0 Å². The van der Waals surface area contributed by atoms with Gasteiger partial charge >= 0.3 is 16.3 Å². The van der Waals surface area contributed by atoms with E-state index in [1.165, 1.54) is 4.31 Å². The van der Waals surface area contributed by atoms with E-state index in [9.17, 15) is 13.2 Å². The van der Waals surface area contributed by atoms with E-state index in [4.69, 9.17) is 16.3 Å². The number of alkyl halides is 1. The molecule has 0 radical (unpaired) electrons. The fourth-order valence-corrected chi connectivity index (χ4v) is 4.22. The van der Waals surface area contributed by atoms with Gasteiger partial charge in [0.15, 0.2) is 0 Å². The molecular weight excluding hydrogens is 316 g/mol. The zero-order chi connectivity index (χ0) is 15.0. The first-order valence-corrected chi connectivity index (χ1v) is 8.56. The number of cyclic esters (lactones) is 1. The van der Waals surface area contributed by atoms with E-state index in [0.29, 0.717) is 13.0 Å². The maximum atomic E-state index is 12.6. The average Bonchev–Trinajstić information content (AvgIpc) is 2.88. The highest BCUT2D eigenvalue weighted by atomic mass is 35.5. The number of benzene rings is 1. The van der Waals surface area contributed by atoms with Crippen molar-refractivity contribution in [2.75, 3.05) is 19.0 Å². The number of amides is 1. The molecule has 2 aliphatic heterocycles. The van der Waals surface area contributed by atoms with Crippen molar-refractivity contribution in [2.24, 2.45) is 0 Å². The number of rotatable bonds is 3. The molecule has 114 valence electrons. The van der Waals surface area contributed by atoms with E-state index < -0.39 is 22.4 Å². The summed E-state index contributed by atoms with van der Waals surface area (Å²) in [6.07, 6.45) is -0.789. The zero-order valence-electron chi connectivity index (χ0n) is 11.2. The molecule has 1 aromatic carbocycles. The van der Waals surface area contributed by atoms with Gasteiger partial charge in [0, 0.05) is 13.1 Å². The van der Waals surface area contributed by atoms with Crippen LogP contribution in [-0.2, 0) is 27.9 Å². The first-order valence-electron chi connectivity index (χ1n) is 6.63. The molecule has 6 nitrogen and oxygen atoms in total. The molecule has 2 heterocycles. The molecule has 1 atom stereocenters. The summed E-state index contributed by atoms with van der Waals surface area (Å²) in [5.74, 6) is 0.0839. The Morgan fingerprint density at radius 2 is 2.00 bits per heavy atom. The van der Waals surface area contributed by atoms with Crippen LogP contribution in [0, 0.1) is 0 Å². The smallest absolute Gasteiger partial charge is 0.425 e. The molecule has 0 aromatic heterocycles. The Morgan fingerprint density at radius 3 is 2.67 bits per heavy atom. The van der Waals surface area contributed by atoms with Crippen LogP contribution in [0.15, 0.2) is 24.3 Å². The molecule has 2 aliphatic rings. The second kappa shape index (κ2) is 5.47. The number of carbonyl (C=O) groups is 1. The summed E-state index contributed by atoms with van der Waals surface area (Å²) in [7, 11) is -3.86. The van der Waals surface area contributed by atoms with Crippen molar-refractivity contribution in [2.45, 2.75) is 19.1 Å². The lowest BCUT2D eigenvalue weighted by Gasteiger charge is -2.30. The molecule has 1 aromatic rings. The Kier molecular flexibility index (Phi) is 3.81. The zero-order valence-corrected chi connectivity index (χ0v) is 12.8. The van der Waals surface area contributed by atoms with Gasteiger partial charge in [0.2, 0.25) is 0 Å². The standard InChI is InChI=1S/C13H15ClN2O4S/c14-7-12-9-16(13(17)20-12)21(18,19)15-6-5-10-3-1-2-4-11(10)8-15/h1-4,12H,5-9H2. The van der Waals surface area contributed by atoms with Gasteiger partial charge in [0.05, 0.1) is 12.4 Å². The number of nitrogens with zero attached hydrogens (tertiary/aromatic N) is 2. The Morgan fingerprint density at radius 1 is 1.29 bits per heavy atom. The Balaban J connectivity index is 1.82. The lowest BCUT2D eigenvalue weighted by molar-refractivity contribution is 0.145. The van der Waals surface area contributed by atoms with Gasteiger partial charge in [0.1, 0.15) is 6.10 Å². The first-order chi connectivity index (χ1) is 10.0. The number of fused-ring (bicyclic) bond motifs is 1. The topological polar surface area (TPSA) is 66.9 Å². The molecule has 8 heteroatoms. The fraction of sp³-hybridized carbons (Fsp3) is 0.462. The third-order valence-corrected chi connectivity index (χ3v) is 5.88. The number of ether oxygens (including phenoxy) is 1. The molecule has 0 aliphatic carbocycles. The largest absolute Gasteiger partial charge is 0.442 e. The summed E-state index contributed by atoms with van der Waals surface area (Å²) >= 11 is 5.63. The first kappa shape index (κ1) is 14.6. The van der Waals surface area contributed by atoms with Gasteiger partial charge in [-0.3, -0.25) is 0 Å². The Hall–Kier alpha value is -1.31. The Bertz CT molecular complexity index is 664. The molecule has 1 fully saturated rings. The van der Waals surface area contributed by atoms with E-state index in [2.05, 4.69) is 0 Å². The van der Waals surface area contributed by atoms with Crippen molar-refractivity contribution in [3.05, 3.63) is 35.4 Å². The molecule has 1 saturated heterocycles.